The van der Waals surface area contributed by atoms with Crippen LogP contribution >= 0.6 is 69.6 Å². The summed E-state index contributed by atoms with van der Waals surface area (Å²) in [5, 5.41) is -0.342. The van der Waals surface area contributed by atoms with Crippen molar-refractivity contribution in [3.63, 3.8) is 0 Å². The van der Waals surface area contributed by atoms with E-state index in [0.717, 1.165) is 4.90 Å². The number of carbonyl (C=O) groups excluding carboxylic acids is 4. The molecule has 2 aromatic rings. The first-order valence-corrected chi connectivity index (χ1v) is 14.4. The molecule has 3 fully saturated rings. The van der Waals surface area contributed by atoms with Crippen molar-refractivity contribution in [3.8, 4) is 5.75 Å². The predicted molar refractivity (Wildman–Crippen MR) is 154 cm³/mol. The highest BCUT2D eigenvalue weighted by Gasteiger charge is 2.87. The fraction of sp³-hybridized carbons (Fsp3) is 0.333. The number of alkyl halides is 4. The first kappa shape index (κ1) is 28.1. The highest BCUT2D eigenvalue weighted by atomic mass is 35.5. The van der Waals surface area contributed by atoms with Crippen molar-refractivity contribution in [2.75, 3.05) is 16.3 Å². The summed E-state index contributed by atoms with van der Waals surface area (Å²) < 4.78 is 3.55. The number of rotatable bonds is 4. The minimum atomic E-state index is -2.02. The number of aryl methyl sites for hydroxylation is 1. The smallest absolute Gasteiger partial charge is 0.316 e. The number of halogens is 6. The summed E-state index contributed by atoms with van der Waals surface area (Å²) in [6.07, 6.45) is 0.0203. The number of para-hydroxylation sites is 1. The van der Waals surface area contributed by atoms with E-state index in [1.807, 2.05) is 18.2 Å². The summed E-state index contributed by atoms with van der Waals surface area (Å²) in [5.74, 6) is -5.08. The van der Waals surface area contributed by atoms with Gasteiger partial charge < -0.3 is 9.64 Å². The number of esters is 1. The third-order valence-corrected chi connectivity index (χ3v) is 12.3. The van der Waals surface area contributed by atoms with Crippen LogP contribution in [0.5, 0.6) is 5.75 Å². The van der Waals surface area contributed by atoms with Crippen molar-refractivity contribution in [2.24, 2.45) is 17.8 Å². The van der Waals surface area contributed by atoms with Crippen molar-refractivity contribution < 1.29 is 23.9 Å². The van der Waals surface area contributed by atoms with Crippen molar-refractivity contribution in [3.05, 3.63) is 64.2 Å². The Morgan fingerprint density at radius 1 is 0.900 bits per heavy atom. The molecule has 6 rings (SSSR count). The Hall–Kier alpha value is -2.00. The fourth-order valence-corrected chi connectivity index (χ4v) is 9.03. The third-order valence-electron chi connectivity index (χ3n) is 8.06. The molecule has 40 heavy (non-hydrogen) atoms. The summed E-state index contributed by atoms with van der Waals surface area (Å²) in [7, 11) is 0. The molecule has 2 heterocycles. The second-order valence-corrected chi connectivity index (χ2v) is 13.5. The topological polar surface area (TPSA) is 84.0 Å². The van der Waals surface area contributed by atoms with E-state index < -0.39 is 49.6 Å². The van der Waals surface area contributed by atoms with Crippen molar-refractivity contribution >= 4 is 105 Å². The molecule has 2 saturated heterocycles. The lowest BCUT2D eigenvalue weighted by Crippen LogP contribution is -2.50. The lowest BCUT2D eigenvalue weighted by atomic mass is 9.84. The Kier molecular flexibility index (Phi) is 6.51. The maximum absolute atomic E-state index is 13.6. The van der Waals surface area contributed by atoms with Gasteiger partial charge in [0.1, 0.15) is 15.5 Å². The standard InChI is InChI=1S/C27H18Cl6N2O5/c1-12-9-15(40-24(39)13-10-17(36)34(11-13)14-5-3-2-4-6-14)7-8-16(12)35-22(37)18-19(23(35)38)26(31)21(29)20(28)25(18,30)27(26,32)33/h2-9,13,18-19H,10-11H2,1H3/t13-,18-,19-,25-,26-/m1/s1. The first-order valence-electron chi connectivity index (χ1n) is 12.1. The predicted octanol–water partition coefficient (Wildman–Crippen LogP) is 5.90. The normalized spacial score (nSPS) is 32.4. The van der Waals surface area contributed by atoms with Crippen molar-refractivity contribution in [2.45, 2.75) is 27.4 Å². The number of fused-ring (bicyclic) bond motifs is 5. The van der Waals surface area contributed by atoms with Crippen LogP contribution in [0.2, 0.25) is 0 Å². The molecule has 1 saturated carbocycles. The van der Waals surface area contributed by atoms with Gasteiger partial charge in [0.2, 0.25) is 17.7 Å². The molecule has 3 amide bonds. The second-order valence-electron chi connectivity index (χ2n) is 10.2. The van der Waals surface area contributed by atoms with Crippen LogP contribution in [-0.4, -0.2) is 44.3 Å². The van der Waals surface area contributed by atoms with Crippen LogP contribution in [0.25, 0.3) is 0 Å². The molecule has 0 aromatic heterocycles. The van der Waals surface area contributed by atoms with E-state index >= 15 is 0 Å². The fourth-order valence-electron chi connectivity index (χ4n) is 6.10. The van der Waals surface area contributed by atoms with E-state index in [2.05, 4.69) is 0 Å². The first-order chi connectivity index (χ1) is 18.8. The summed E-state index contributed by atoms with van der Waals surface area (Å²) in [6.45, 7) is 1.84. The molecular formula is C27H18Cl6N2O5. The largest absolute Gasteiger partial charge is 0.426 e. The van der Waals surface area contributed by atoms with E-state index in [9.17, 15) is 19.2 Å². The van der Waals surface area contributed by atoms with Gasteiger partial charge in [0.15, 0.2) is 4.33 Å². The maximum Gasteiger partial charge on any atom is 0.316 e. The molecule has 2 aliphatic carbocycles. The van der Waals surface area contributed by atoms with Crippen LogP contribution in [0.1, 0.15) is 12.0 Å². The van der Waals surface area contributed by atoms with Gasteiger partial charge in [-0.25, -0.2) is 4.90 Å². The van der Waals surface area contributed by atoms with Gasteiger partial charge >= 0.3 is 5.97 Å². The van der Waals surface area contributed by atoms with Gasteiger partial charge in [-0.1, -0.05) is 64.6 Å². The molecule has 5 atom stereocenters. The number of hydrogen-bond acceptors (Lipinski definition) is 5. The SMILES string of the molecule is Cc1cc(OC(=O)[C@@H]2CC(=O)N(c3ccccc3)C2)ccc1N1C(=O)[C@H]2[C@H](C1=O)[C@@]1(Cl)C(Cl)=C(Cl)[C@@]2(Cl)C1(Cl)Cl. The molecule has 0 N–H and O–H groups in total. The number of nitrogens with zero attached hydrogens (tertiary/aromatic N) is 2. The highest BCUT2D eigenvalue weighted by Crippen LogP contribution is 2.77. The molecule has 0 spiro atoms. The second kappa shape index (κ2) is 9.25. The van der Waals surface area contributed by atoms with E-state index in [0.29, 0.717) is 11.3 Å². The van der Waals surface area contributed by atoms with Gasteiger partial charge in [-0.2, -0.15) is 0 Å². The number of anilines is 2. The zero-order valence-electron chi connectivity index (χ0n) is 20.5. The molecular weight excluding hydrogens is 645 g/mol. The number of allylic oxidation sites excluding steroid dienone is 2. The Labute approximate surface area is 258 Å². The molecule has 208 valence electrons. The Balaban J connectivity index is 1.23. The monoisotopic (exact) mass is 660 g/mol. The Morgan fingerprint density at radius 3 is 2.02 bits per heavy atom. The van der Waals surface area contributed by atoms with Gasteiger partial charge in [-0.3, -0.25) is 19.2 Å². The summed E-state index contributed by atoms with van der Waals surface area (Å²) >= 11 is 39.3. The lowest BCUT2D eigenvalue weighted by Gasteiger charge is -2.34. The van der Waals surface area contributed by atoms with Crippen LogP contribution in [0.4, 0.5) is 11.4 Å². The molecule has 2 aromatic carbocycles. The van der Waals surface area contributed by atoms with E-state index in [4.69, 9.17) is 74.3 Å². The zero-order valence-corrected chi connectivity index (χ0v) is 25.0. The van der Waals surface area contributed by atoms with Crippen LogP contribution in [0.15, 0.2) is 58.6 Å². The van der Waals surface area contributed by atoms with Gasteiger partial charge in [0.05, 0.1) is 33.5 Å². The van der Waals surface area contributed by atoms with E-state index in [1.54, 1.807) is 24.0 Å². The Bertz CT molecular complexity index is 1500. The summed E-state index contributed by atoms with van der Waals surface area (Å²) in [4.78, 5) is 51.4. The average molecular weight is 663 g/mol. The molecule has 0 radical (unpaired) electrons. The van der Waals surface area contributed by atoms with Crippen LogP contribution in [0, 0.1) is 24.7 Å². The zero-order chi connectivity index (χ0) is 28.9. The number of hydrogen-bond donors (Lipinski definition) is 0. The lowest BCUT2D eigenvalue weighted by molar-refractivity contribution is -0.139. The molecule has 0 unspecified atom stereocenters. The Morgan fingerprint density at radius 2 is 1.48 bits per heavy atom. The number of imide groups is 1. The van der Waals surface area contributed by atoms with Gasteiger partial charge in [-0.15, -0.1) is 23.2 Å². The molecule has 4 aliphatic rings. The number of carbonyl (C=O) groups is 4. The molecule has 2 aliphatic heterocycles. The van der Waals surface area contributed by atoms with Crippen LogP contribution in [0.3, 0.4) is 0 Å². The molecule has 13 heteroatoms. The highest BCUT2D eigenvalue weighted by molar-refractivity contribution is 6.67. The number of amides is 3. The van der Waals surface area contributed by atoms with E-state index in [1.165, 1.54) is 18.2 Å². The minimum Gasteiger partial charge on any atom is -0.426 e. The maximum atomic E-state index is 13.6. The third kappa shape index (κ3) is 3.45. The molecule has 7 nitrogen and oxygen atoms in total. The van der Waals surface area contributed by atoms with E-state index in [-0.39, 0.29) is 40.4 Å². The van der Waals surface area contributed by atoms with Crippen LogP contribution < -0.4 is 14.5 Å². The van der Waals surface area contributed by atoms with Crippen molar-refractivity contribution in [1.29, 1.82) is 0 Å². The van der Waals surface area contributed by atoms with Gasteiger partial charge in [0, 0.05) is 18.7 Å². The van der Waals surface area contributed by atoms with Crippen LogP contribution in [-0.2, 0) is 19.2 Å². The average Bonchev–Trinajstić information content (AvgIpc) is 3.50. The van der Waals surface area contributed by atoms with Gasteiger partial charge in [-0.05, 0) is 42.8 Å². The minimum absolute atomic E-state index is 0.0203. The number of ether oxygens (including phenoxy) is 1. The van der Waals surface area contributed by atoms with Gasteiger partial charge in [0.25, 0.3) is 0 Å². The quantitative estimate of drug-likeness (QED) is 0.176. The molecule has 2 bridgehead atoms. The summed E-state index contributed by atoms with van der Waals surface area (Å²) in [6, 6.07) is 13.5. The number of benzene rings is 2. The summed E-state index contributed by atoms with van der Waals surface area (Å²) in [5.41, 5.74) is 1.39. The van der Waals surface area contributed by atoms with Crippen molar-refractivity contribution in [1.82, 2.24) is 0 Å².